The Morgan fingerprint density at radius 2 is 1.79 bits per heavy atom. The molecule has 2 saturated heterocycles. The van der Waals surface area contributed by atoms with E-state index in [4.69, 9.17) is 18.9 Å². The highest BCUT2D eigenvalue weighted by Gasteiger charge is 2.55. The minimum absolute atomic E-state index is 0.00256. The first-order chi connectivity index (χ1) is 23.1. The summed E-state index contributed by atoms with van der Waals surface area (Å²) in [4.78, 5) is 32.7. The third kappa shape index (κ3) is 5.94. The molecule has 0 saturated carbocycles. The second-order valence-corrected chi connectivity index (χ2v) is 12.7. The molecular weight excluding hydrogens is 651 g/mol. The molecule has 0 aliphatic carbocycles. The second kappa shape index (κ2) is 12.7. The Morgan fingerprint density at radius 3 is 2.52 bits per heavy atom. The monoisotopic (exact) mass is 679 g/mol. The number of hydrogen-bond donors (Lipinski definition) is 0. The van der Waals surface area contributed by atoms with E-state index in [-0.39, 0.29) is 17.9 Å². The number of benzene rings is 3. The molecule has 0 N–H and O–H groups in total. The van der Waals surface area contributed by atoms with Crippen molar-refractivity contribution < 1.29 is 41.7 Å². The number of likely N-dealkylation sites (N-methyl/N-ethyl adjacent to an activating group) is 1. The number of hydrogen-bond acceptors (Lipinski definition) is 10. The zero-order valence-electron chi connectivity index (χ0n) is 25.7. The first-order valence-electron chi connectivity index (χ1n) is 14.9. The summed E-state index contributed by atoms with van der Waals surface area (Å²) < 4.78 is 68.8. The summed E-state index contributed by atoms with van der Waals surface area (Å²) in [5.74, 6) is -5.65. The molecule has 0 spiro atoms. The quantitative estimate of drug-likeness (QED) is 0.174. The zero-order valence-corrected chi connectivity index (χ0v) is 26.6. The van der Waals surface area contributed by atoms with Gasteiger partial charge in [-0.05, 0) is 37.3 Å². The van der Waals surface area contributed by atoms with Crippen LogP contribution in [0, 0.1) is 24.4 Å². The van der Waals surface area contributed by atoms with Gasteiger partial charge in [0, 0.05) is 30.8 Å². The average Bonchev–Trinajstić information content (AvgIpc) is 3.71. The number of ether oxygens (including phenoxy) is 4. The first kappa shape index (κ1) is 31.9. The van der Waals surface area contributed by atoms with E-state index >= 15 is 0 Å². The average molecular weight is 680 g/mol. The topological polar surface area (TPSA) is 118 Å². The smallest absolute Gasteiger partial charge is 0.303 e. The molecule has 7 rings (SSSR count). The van der Waals surface area contributed by atoms with Gasteiger partial charge < -0.3 is 23.8 Å². The molecule has 248 valence electrons. The standard InChI is InChI=1S/C33H28F3N5O6S/c1-16-37-23-10-9-20(13-26(23)48-16)40(3)32(43)31-30(45-17(2)42)28(29-25(46-31)15-44-33(47-29)18-7-5-4-6-8-18)41-14-24(38-39-41)19-11-21(34)27(36)22(35)12-19/h4-14,25,28-31,33H,15H2,1-3H3. The number of carbonyl (C=O) groups excluding carboxylic acids is 2. The number of carbonyl (C=O) groups is 2. The number of aryl methyl sites for hydroxylation is 1. The fourth-order valence-electron chi connectivity index (χ4n) is 6.02. The normalized spacial score (nSPS) is 23.9. The van der Waals surface area contributed by atoms with Gasteiger partial charge in [-0.25, -0.2) is 22.8 Å². The lowest BCUT2D eigenvalue weighted by atomic mass is 9.90. The van der Waals surface area contributed by atoms with Crippen LogP contribution in [0.25, 0.3) is 21.5 Å². The molecule has 2 aromatic heterocycles. The SMILES string of the molecule is CC(=O)OC1C(C(=O)N(C)c2ccc3nc(C)sc3c2)OC2COC(c3ccccc3)OC2C1n1cc(-c2cc(F)c(F)c(F)c2)nn1. The molecule has 5 aromatic rings. The maximum Gasteiger partial charge on any atom is 0.303 e. The Bertz CT molecular complexity index is 1990. The molecule has 2 aliphatic heterocycles. The van der Waals surface area contributed by atoms with E-state index in [1.807, 2.05) is 49.4 Å². The number of rotatable bonds is 6. The summed E-state index contributed by atoms with van der Waals surface area (Å²) in [6.45, 7) is 3.09. The number of aromatic nitrogens is 4. The van der Waals surface area contributed by atoms with Crippen LogP contribution in [0.1, 0.15) is 29.8 Å². The Hall–Kier alpha value is -4.70. The lowest BCUT2D eigenvalue weighted by Gasteiger charge is -2.48. The number of anilines is 1. The van der Waals surface area contributed by atoms with Crippen molar-refractivity contribution >= 4 is 39.1 Å². The summed E-state index contributed by atoms with van der Waals surface area (Å²) >= 11 is 1.48. The van der Waals surface area contributed by atoms with Crippen molar-refractivity contribution in [2.75, 3.05) is 18.6 Å². The fourth-order valence-corrected chi connectivity index (χ4v) is 6.88. The van der Waals surface area contributed by atoms with Gasteiger partial charge in [0.25, 0.3) is 5.91 Å². The minimum atomic E-state index is -1.62. The van der Waals surface area contributed by atoms with Crippen molar-refractivity contribution in [2.24, 2.45) is 0 Å². The van der Waals surface area contributed by atoms with E-state index in [1.54, 1.807) is 13.1 Å². The van der Waals surface area contributed by atoms with Gasteiger partial charge >= 0.3 is 5.97 Å². The van der Waals surface area contributed by atoms with E-state index in [1.165, 1.54) is 34.0 Å². The number of esters is 1. The summed E-state index contributed by atoms with van der Waals surface area (Å²) in [6, 6.07) is 15.1. The van der Waals surface area contributed by atoms with Crippen LogP contribution in [0.15, 0.2) is 66.9 Å². The predicted octanol–water partition coefficient (Wildman–Crippen LogP) is 5.30. The maximum absolute atomic E-state index is 14.3. The second-order valence-electron chi connectivity index (χ2n) is 11.5. The van der Waals surface area contributed by atoms with Crippen LogP contribution in [0.3, 0.4) is 0 Å². The maximum atomic E-state index is 14.3. The van der Waals surface area contributed by atoms with Crippen molar-refractivity contribution in [2.45, 2.75) is 50.6 Å². The van der Waals surface area contributed by atoms with E-state index in [2.05, 4.69) is 15.3 Å². The van der Waals surface area contributed by atoms with Gasteiger partial charge in [-0.2, -0.15) is 0 Å². The molecule has 6 atom stereocenters. The Balaban J connectivity index is 1.28. The van der Waals surface area contributed by atoms with Crippen LogP contribution in [0.5, 0.6) is 0 Å². The Labute approximate surface area is 275 Å². The van der Waals surface area contributed by atoms with Crippen molar-refractivity contribution in [3.05, 3.63) is 94.9 Å². The summed E-state index contributed by atoms with van der Waals surface area (Å²) in [6.07, 6.45) is -3.90. The molecule has 11 nitrogen and oxygen atoms in total. The van der Waals surface area contributed by atoms with Gasteiger partial charge in [-0.15, -0.1) is 16.4 Å². The number of amides is 1. The van der Waals surface area contributed by atoms with Gasteiger partial charge in [0.15, 0.2) is 35.9 Å². The Morgan fingerprint density at radius 1 is 1.04 bits per heavy atom. The summed E-state index contributed by atoms with van der Waals surface area (Å²) in [5.41, 5.74) is 1.98. The number of nitrogens with zero attached hydrogens (tertiary/aromatic N) is 5. The number of halogens is 3. The highest BCUT2D eigenvalue weighted by molar-refractivity contribution is 7.18. The van der Waals surface area contributed by atoms with Gasteiger partial charge in [0.2, 0.25) is 0 Å². The van der Waals surface area contributed by atoms with Crippen LogP contribution in [0.4, 0.5) is 18.9 Å². The molecule has 0 radical (unpaired) electrons. The van der Waals surface area contributed by atoms with E-state index in [9.17, 15) is 22.8 Å². The van der Waals surface area contributed by atoms with Gasteiger partial charge in [-0.3, -0.25) is 9.59 Å². The molecule has 2 fully saturated rings. The van der Waals surface area contributed by atoms with E-state index in [0.29, 0.717) is 11.3 Å². The van der Waals surface area contributed by atoms with Crippen molar-refractivity contribution in [3.63, 3.8) is 0 Å². The highest BCUT2D eigenvalue weighted by atomic mass is 32.1. The van der Waals surface area contributed by atoms with Gasteiger partial charge in [-0.1, -0.05) is 35.5 Å². The van der Waals surface area contributed by atoms with Crippen LogP contribution in [-0.4, -0.2) is 69.9 Å². The highest BCUT2D eigenvalue weighted by Crippen LogP contribution is 2.41. The molecule has 6 unspecified atom stereocenters. The molecule has 15 heteroatoms. The first-order valence-corrected chi connectivity index (χ1v) is 15.7. The molecule has 4 heterocycles. The lowest BCUT2D eigenvalue weighted by molar-refractivity contribution is -0.313. The third-order valence-electron chi connectivity index (χ3n) is 8.26. The van der Waals surface area contributed by atoms with Gasteiger partial charge in [0.1, 0.15) is 23.9 Å². The molecule has 1 amide bonds. The number of thiazole rings is 1. The minimum Gasteiger partial charge on any atom is -0.457 e. The molecule has 48 heavy (non-hydrogen) atoms. The van der Waals surface area contributed by atoms with Crippen LogP contribution in [-0.2, 0) is 28.5 Å². The fraction of sp³-hybridized carbons (Fsp3) is 0.303. The third-order valence-corrected chi connectivity index (χ3v) is 9.19. The molecule has 2 aliphatic rings. The summed E-state index contributed by atoms with van der Waals surface area (Å²) in [7, 11) is 1.58. The number of fused-ring (bicyclic) bond motifs is 2. The van der Waals surface area contributed by atoms with Crippen LogP contribution >= 0.6 is 11.3 Å². The molecule has 3 aromatic carbocycles. The van der Waals surface area contributed by atoms with E-state index in [0.717, 1.165) is 27.4 Å². The zero-order chi connectivity index (χ0) is 33.7. The molecule has 0 bridgehead atoms. The van der Waals surface area contributed by atoms with Crippen LogP contribution in [0.2, 0.25) is 0 Å². The van der Waals surface area contributed by atoms with E-state index < -0.39 is 66.1 Å². The van der Waals surface area contributed by atoms with Crippen molar-refractivity contribution in [1.29, 1.82) is 0 Å². The largest absolute Gasteiger partial charge is 0.457 e. The lowest BCUT2D eigenvalue weighted by Crippen LogP contribution is -2.63. The Kier molecular flexibility index (Phi) is 8.45. The van der Waals surface area contributed by atoms with Crippen molar-refractivity contribution in [3.8, 4) is 11.3 Å². The summed E-state index contributed by atoms with van der Waals surface area (Å²) in [5, 5.41) is 9.16. The molecular formula is C33H28F3N5O6S. The van der Waals surface area contributed by atoms with Gasteiger partial charge in [0.05, 0.1) is 28.0 Å². The van der Waals surface area contributed by atoms with Crippen LogP contribution < -0.4 is 4.90 Å². The van der Waals surface area contributed by atoms with Crippen molar-refractivity contribution in [1.82, 2.24) is 20.0 Å². The predicted molar refractivity (Wildman–Crippen MR) is 166 cm³/mol.